The number of hydrogen-bond acceptors (Lipinski definition) is 15. The number of aromatic nitrogens is 5. The Morgan fingerprint density at radius 1 is 1.33 bits per heavy atom. The van der Waals surface area contributed by atoms with Gasteiger partial charge < -0.3 is 25.0 Å². The van der Waals surface area contributed by atoms with Crippen molar-refractivity contribution in [1.29, 1.82) is 0 Å². The van der Waals surface area contributed by atoms with Crippen LogP contribution in [-0.2, 0) is 35.4 Å². The first-order valence-electron chi connectivity index (χ1n) is 12.1. The lowest BCUT2D eigenvalue weighted by Gasteiger charge is -2.47. The van der Waals surface area contributed by atoms with Gasteiger partial charge in [0.15, 0.2) is 23.2 Å². The normalized spacial score (nSPS) is 18.2. The van der Waals surface area contributed by atoms with Crippen LogP contribution >= 0.6 is 34.9 Å². The number of oxime groups is 2. The molecule has 4 heterocycles. The number of nitrogens with one attached hydrogen (secondary N) is 2. The summed E-state index contributed by atoms with van der Waals surface area (Å²) in [5, 5.41) is 32.2. The molecule has 1 saturated heterocycles. The van der Waals surface area contributed by atoms with E-state index in [-0.39, 0.29) is 24.6 Å². The number of alkyl halides is 3. The molecule has 0 spiro atoms. The van der Waals surface area contributed by atoms with Crippen molar-refractivity contribution in [3.05, 3.63) is 22.8 Å². The van der Waals surface area contributed by atoms with E-state index in [1.165, 1.54) is 45.6 Å². The van der Waals surface area contributed by atoms with Gasteiger partial charge in [-0.3, -0.25) is 19.7 Å². The molecule has 0 aromatic carbocycles. The SMILES string of the molecule is C#CCON=C(C(=O)NC1C(=O)N2C=C(CSc3nnnn3CC(=NOC)C(=O)O)CS[C@H]12)c1csc(NC(=O)C(F)(F)F)n1. The number of carboxylic acid groups (broad SMARTS) is 1. The number of hydrogen-bond donors (Lipinski definition) is 3. The second kappa shape index (κ2) is 14.4. The number of terminal acetylenes is 1. The van der Waals surface area contributed by atoms with Gasteiger partial charge in [0, 0.05) is 23.1 Å². The number of β-lactam (4-membered cyclic amide) rings is 1. The Kier molecular flexibility index (Phi) is 10.6. The zero-order chi connectivity index (χ0) is 32.7. The second-order valence-corrected chi connectivity index (χ2v) is 11.4. The lowest BCUT2D eigenvalue weighted by atomic mass is 10.1. The molecule has 0 aliphatic carbocycles. The first-order chi connectivity index (χ1) is 21.4. The molecule has 3 amide bonds. The molecular formula is C22H19F3N10O7S3. The highest BCUT2D eigenvalue weighted by atomic mass is 32.2. The minimum absolute atomic E-state index is 0.225. The van der Waals surface area contributed by atoms with Gasteiger partial charge in [0.1, 0.15) is 24.2 Å². The Bertz CT molecular complexity index is 1620. The first kappa shape index (κ1) is 33.2. The molecule has 2 aromatic rings. The molecular weight excluding hydrogens is 670 g/mol. The summed E-state index contributed by atoms with van der Waals surface area (Å²) in [6.45, 7) is -0.587. The number of tetrazole rings is 1. The van der Waals surface area contributed by atoms with Crippen molar-refractivity contribution < 1.29 is 47.1 Å². The van der Waals surface area contributed by atoms with E-state index in [4.69, 9.17) is 11.3 Å². The van der Waals surface area contributed by atoms with Gasteiger partial charge in [-0.25, -0.2) is 14.5 Å². The number of carboxylic acids is 1. The molecule has 0 bridgehead atoms. The molecule has 23 heteroatoms. The molecule has 2 aliphatic rings. The number of fused-ring (bicyclic) bond motifs is 1. The molecule has 17 nitrogen and oxygen atoms in total. The van der Waals surface area contributed by atoms with Gasteiger partial charge >= 0.3 is 18.1 Å². The number of rotatable bonds is 13. The van der Waals surface area contributed by atoms with Crippen molar-refractivity contribution >= 4 is 75.1 Å². The van der Waals surface area contributed by atoms with E-state index in [9.17, 15) is 37.5 Å². The van der Waals surface area contributed by atoms with Gasteiger partial charge in [0.25, 0.3) is 11.8 Å². The van der Waals surface area contributed by atoms with Crippen molar-refractivity contribution in [2.75, 3.05) is 30.5 Å². The van der Waals surface area contributed by atoms with E-state index in [1.54, 1.807) is 11.5 Å². The van der Waals surface area contributed by atoms with Gasteiger partial charge in [-0.1, -0.05) is 28.0 Å². The Morgan fingerprint density at radius 3 is 2.80 bits per heavy atom. The Balaban J connectivity index is 1.38. The number of thioether (sulfide) groups is 2. The summed E-state index contributed by atoms with van der Waals surface area (Å²) in [6, 6.07) is -0.976. The number of halogens is 3. The maximum absolute atomic E-state index is 13.1. The van der Waals surface area contributed by atoms with Gasteiger partial charge in [0.05, 0.1) is 6.54 Å². The Labute approximate surface area is 262 Å². The van der Waals surface area contributed by atoms with E-state index in [2.05, 4.69) is 46.9 Å². The Morgan fingerprint density at radius 2 is 2.11 bits per heavy atom. The van der Waals surface area contributed by atoms with Crippen LogP contribution in [0.15, 0.2) is 32.6 Å². The van der Waals surface area contributed by atoms with E-state index >= 15 is 0 Å². The van der Waals surface area contributed by atoms with Gasteiger partial charge in [0.2, 0.25) is 5.16 Å². The zero-order valence-electron chi connectivity index (χ0n) is 22.5. The lowest BCUT2D eigenvalue weighted by Crippen LogP contribution is -2.69. The van der Waals surface area contributed by atoms with E-state index in [1.807, 2.05) is 0 Å². The van der Waals surface area contributed by atoms with Crippen LogP contribution in [0.25, 0.3) is 0 Å². The van der Waals surface area contributed by atoms with Crippen LogP contribution in [0.2, 0.25) is 0 Å². The minimum Gasteiger partial charge on any atom is -0.477 e. The molecule has 4 rings (SSSR count). The molecule has 2 atom stereocenters. The number of carbonyl (C=O) groups excluding carboxylic acids is 3. The van der Waals surface area contributed by atoms with E-state index in [0.717, 1.165) is 5.57 Å². The highest BCUT2D eigenvalue weighted by Gasteiger charge is 2.50. The number of nitrogens with zero attached hydrogens (tertiary/aromatic N) is 8. The van der Waals surface area contributed by atoms with Crippen molar-refractivity contribution in [3.63, 3.8) is 0 Å². The fraction of sp³-hybridized carbons (Fsp3) is 0.364. The van der Waals surface area contributed by atoms with E-state index in [0.29, 0.717) is 28.0 Å². The molecule has 45 heavy (non-hydrogen) atoms. The van der Waals surface area contributed by atoms with Crippen LogP contribution in [-0.4, -0.2) is 113 Å². The summed E-state index contributed by atoms with van der Waals surface area (Å²) >= 11 is 3.16. The van der Waals surface area contributed by atoms with Gasteiger partial charge in [-0.2, -0.15) is 13.2 Å². The van der Waals surface area contributed by atoms with Crippen LogP contribution < -0.4 is 10.6 Å². The third-order valence-corrected chi connectivity index (χ3v) is 8.71. The predicted octanol–water partition coefficient (Wildman–Crippen LogP) is 0.147. The summed E-state index contributed by atoms with van der Waals surface area (Å²) in [4.78, 5) is 63.2. The first-order valence-corrected chi connectivity index (χ1v) is 15.0. The molecule has 0 saturated carbocycles. The predicted molar refractivity (Wildman–Crippen MR) is 152 cm³/mol. The molecule has 2 aliphatic heterocycles. The molecule has 2 aromatic heterocycles. The van der Waals surface area contributed by atoms with Crippen molar-refractivity contribution in [2.24, 2.45) is 10.3 Å². The average molecular weight is 689 g/mol. The summed E-state index contributed by atoms with van der Waals surface area (Å²) in [5.41, 5.74) is -0.204. The quantitative estimate of drug-likeness (QED) is 0.0639. The zero-order valence-corrected chi connectivity index (χ0v) is 25.0. The van der Waals surface area contributed by atoms with Crippen LogP contribution in [0.4, 0.5) is 18.3 Å². The largest absolute Gasteiger partial charge is 0.477 e. The monoisotopic (exact) mass is 688 g/mol. The highest BCUT2D eigenvalue weighted by Crippen LogP contribution is 2.37. The standard InChI is InChI=1S/C22H19F3N10O7S3/c1-3-4-42-31-13(12-9-44-20(26-12)28-19(40)22(23,24)25)15(36)27-14-16(37)34-5-10(7-43-17(14)34)8-45-21-29-32-33-35(21)6-11(18(38)39)30-41-2/h1,5,9,14,17H,4,6-8H2,2H3,(H,27,36)(H,38,39)(H,26,28,40)/t14?,17-/m1/s1. The van der Waals surface area contributed by atoms with Crippen molar-refractivity contribution in [1.82, 2.24) is 35.4 Å². The molecule has 3 N–H and O–H groups in total. The van der Waals surface area contributed by atoms with E-state index < -0.39 is 52.1 Å². The maximum Gasteiger partial charge on any atom is 0.471 e. The summed E-state index contributed by atoms with van der Waals surface area (Å²) in [7, 11) is 1.21. The highest BCUT2D eigenvalue weighted by molar-refractivity contribution is 8.01. The fourth-order valence-corrected chi connectivity index (χ4v) is 6.46. The number of aliphatic carboxylic acids is 1. The van der Waals surface area contributed by atoms with Crippen molar-refractivity contribution in [2.45, 2.75) is 29.3 Å². The fourth-order valence-electron chi connectivity index (χ4n) is 3.54. The van der Waals surface area contributed by atoms with Crippen LogP contribution in [0.5, 0.6) is 0 Å². The summed E-state index contributed by atoms with van der Waals surface area (Å²) in [6.07, 6.45) is 1.60. The maximum atomic E-state index is 13.1. The number of anilines is 1. The molecule has 0 radical (unpaired) electrons. The molecule has 1 unspecified atom stereocenters. The molecule has 238 valence electrons. The van der Waals surface area contributed by atoms with Gasteiger partial charge in [-0.15, -0.1) is 34.6 Å². The number of thiazole rings is 1. The number of carbonyl (C=O) groups is 4. The number of amides is 3. The van der Waals surface area contributed by atoms with Crippen LogP contribution in [0, 0.1) is 12.3 Å². The molecule has 1 fully saturated rings. The lowest BCUT2D eigenvalue weighted by molar-refractivity contribution is -0.167. The second-order valence-electron chi connectivity index (χ2n) is 8.53. The smallest absolute Gasteiger partial charge is 0.471 e. The topological polar surface area (TPSA) is 215 Å². The van der Waals surface area contributed by atoms with Crippen LogP contribution in [0.1, 0.15) is 5.69 Å². The average Bonchev–Trinajstić information content (AvgIpc) is 3.65. The summed E-state index contributed by atoms with van der Waals surface area (Å²) < 4.78 is 39.0. The van der Waals surface area contributed by atoms with Crippen molar-refractivity contribution in [3.8, 4) is 12.3 Å². The van der Waals surface area contributed by atoms with Crippen LogP contribution in [0.3, 0.4) is 0 Å². The Hall–Kier alpha value is -4.69. The third-order valence-electron chi connectivity index (χ3n) is 5.50. The van der Waals surface area contributed by atoms with Gasteiger partial charge in [-0.05, 0) is 16.0 Å². The minimum atomic E-state index is -5.15. The third kappa shape index (κ3) is 8.08. The summed E-state index contributed by atoms with van der Waals surface area (Å²) in [5.74, 6) is -1.98.